The number of hydrogen-bond acceptors (Lipinski definition) is 5. The third kappa shape index (κ3) is 4.37. The molecular weight excluding hydrogens is 320 g/mol. The third-order valence-corrected chi connectivity index (χ3v) is 5.02. The summed E-state index contributed by atoms with van der Waals surface area (Å²) in [7, 11) is 0. The summed E-state index contributed by atoms with van der Waals surface area (Å²) in [6.07, 6.45) is 0.885. The Hall–Kier alpha value is -1.84. The largest absolute Gasteiger partial charge is 0.304 e. The van der Waals surface area contributed by atoms with Gasteiger partial charge >= 0.3 is 0 Å². The molecular formula is C18H24N4OS. The Morgan fingerprint density at radius 2 is 2.04 bits per heavy atom. The fourth-order valence-electron chi connectivity index (χ4n) is 2.61. The maximum Gasteiger partial charge on any atom is 0.262 e. The minimum absolute atomic E-state index is 0.0206. The summed E-state index contributed by atoms with van der Waals surface area (Å²) in [5, 5.41) is 10.1. The van der Waals surface area contributed by atoms with E-state index in [9.17, 15) is 4.79 Å². The van der Waals surface area contributed by atoms with Gasteiger partial charge in [-0.05, 0) is 45.1 Å². The van der Waals surface area contributed by atoms with E-state index < -0.39 is 0 Å². The molecule has 128 valence electrons. The van der Waals surface area contributed by atoms with Crippen LogP contribution in [0.25, 0.3) is 10.9 Å². The van der Waals surface area contributed by atoms with E-state index in [1.807, 2.05) is 31.2 Å². The van der Waals surface area contributed by atoms with Gasteiger partial charge in [0.15, 0.2) is 5.16 Å². The number of hydrogen-bond donors (Lipinski definition) is 0. The van der Waals surface area contributed by atoms with Crippen molar-refractivity contribution >= 4 is 22.7 Å². The van der Waals surface area contributed by atoms with Crippen LogP contribution in [0.2, 0.25) is 0 Å². The number of aromatic nitrogens is 2. The molecule has 0 saturated heterocycles. The van der Waals surface area contributed by atoms with Gasteiger partial charge in [-0.2, -0.15) is 5.26 Å². The standard InChI is InChI=1S/C18H24N4OS/c1-4-21(5-2)11-8-12-22-17(23)15-9-6-7-10-16(15)20-18(22)24-14(3)13-19/h6-7,9-10,14H,4-5,8,11-12H2,1-3H3. The van der Waals surface area contributed by atoms with Crippen LogP contribution in [0, 0.1) is 11.3 Å². The maximum atomic E-state index is 12.8. The molecule has 1 aromatic heterocycles. The smallest absolute Gasteiger partial charge is 0.262 e. The fraction of sp³-hybridized carbons (Fsp3) is 0.500. The van der Waals surface area contributed by atoms with Crippen molar-refractivity contribution in [3.8, 4) is 6.07 Å². The highest BCUT2D eigenvalue weighted by atomic mass is 32.2. The Morgan fingerprint density at radius 3 is 2.71 bits per heavy atom. The summed E-state index contributed by atoms with van der Waals surface area (Å²) in [6, 6.07) is 9.59. The summed E-state index contributed by atoms with van der Waals surface area (Å²) in [6.45, 7) is 9.69. The molecule has 24 heavy (non-hydrogen) atoms. The van der Waals surface area contributed by atoms with E-state index in [4.69, 9.17) is 5.26 Å². The maximum absolute atomic E-state index is 12.8. The second kappa shape index (κ2) is 8.86. The molecule has 5 nitrogen and oxygen atoms in total. The molecule has 1 unspecified atom stereocenters. The first-order valence-corrected chi connectivity index (χ1v) is 9.26. The van der Waals surface area contributed by atoms with Gasteiger partial charge in [0, 0.05) is 6.54 Å². The Labute approximate surface area is 147 Å². The lowest BCUT2D eigenvalue weighted by Gasteiger charge is -2.19. The zero-order valence-corrected chi connectivity index (χ0v) is 15.3. The van der Waals surface area contributed by atoms with Gasteiger partial charge in [-0.3, -0.25) is 9.36 Å². The van der Waals surface area contributed by atoms with Gasteiger partial charge in [-0.1, -0.05) is 37.7 Å². The van der Waals surface area contributed by atoms with Crippen molar-refractivity contribution in [3.05, 3.63) is 34.6 Å². The third-order valence-electron chi connectivity index (χ3n) is 4.04. The van der Waals surface area contributed by atoms with Crippen LogP contribution < -0.4 is 5.56 Å². The number of thioether (sulfide) groups is 1. The molecule has 0 amide bonds. The number of nitriles is 1. The normalized spacial score (nSPS) is 12.5. The Kier molecular flexibility index (Phi) is 6.83. The lowest BCUT2D eigenvalue weighted by Crippen LogP contribution is -2.28. The lowest BCUT2D eigenvalue weighted by atomic mass is 10.2. The highest BCUT2D eigenvalue weighted by Crippen LogP contribution is 2.22. The predicted octanol–water partition coefficient (Wildman–Crippen LogP) is 3.13. The average Bonchev–Trinajstić information content (AvgIpc) is 2.61. The van der Waals surface area contributed by atoms with Crippen molar-refractivity contribution in [1.29, 1.82) is 5.26 Å². The van der Waals surface area contributed by atoms with Crippen molar-refractivity contribution in [2.75, 3.05) is 19.6 Å². The average molecular weight is 344 g/mol. The minimum atomic E-state index is -0.243. The van der Waals surface area contributed by atoms with Crippen molar-refractivity contribution in [3.63, 3.8) is 0 Å². The molecule has 0 N–H and O–H groups in total. The van der Waals surface area contributed by atoms with Gasteiger partial charge < -0.3 is 4.90 Å². The van der Waals surface area contributed by atoms with Crippen LogP contribution >= 0.6 is 11.8 Å². The summed E-state index contributed by atoms with van der Waals surface area (Å²) in [4.78, 5) is 19.8. The topological polar surface area (TPSA) is 61.9 Å². The number of rotatable bonds is 8. The molecule has 1 atom stereocenters. The summed E-state index contributed by atoms with van der Waals surface area (Å²) < 4.78 is 1.73. The first kappa shape index (κ1) is 18.5. The molecule has 0 aliphatic heterocycles. The van der Waals surface area contributed by atoms with Crippen LogP contribution in [-0.2, 0) is 6.54 Å². The van der Waals surface area contributed by atoms with E-state index in [-0.39, 0.29) is 10.8 Å². The van der Waals surface area contributed by atoms with Crippen LogP contribution in [0.5, 0.6) is 0 Å². The van der Waals surface area contributed by atoms with Crippen molar-refractivity contribution in [1.82, 2.24) is 14.5 Å². The van der Waals surface area contributed by atoms with E-state index in [1.54, 1.807) is 4.57 Å². The number of fused-ring (bicyclic) bond motifs is 1. The van der Waals surface area contributed by atoms with E-state index in [0.717, 1.165) is 26.1 Å². The lowest BCUT2D eigenvalue weighted by molar-refractivity contribution is 0.290. The first-order valence-electron chi connectivity index (χ1n) is 8.38. The monoisotopic (exact) mass is 344 g/mol. The molecule has 0 radical (unpaired) electrons. The predicted molar refractivity (Wildman–Crippen MR) is 99.3 cm³/mol. The Bertz CT molecular complexity index is 777. The van der Waals surface area contributed by atoms with Crippen LogP contribution in [0.4, 0.5) is 0 Å². The minimum Gasteiger partial charge on any atom is -0.304 e. The zero-order valence-electron chi connectivity index (χ0n) is 14.5. The number of nitrogens with zero attached hydrogens (tertiary/aromatic N) is 4. The van der Waals surface area contributed by atoms with Crippen LogP contribution in [0.3, 0.4) is 0 Å². The summed E-state index contributed by atoms with van der Waals surface area (Å²) in [5.41, 5.74) is 0.669. The van der Waals surface area contributed by atoms with Crippen LogP contribution in [-0.4, -0.2) is 39.3 Å². The second-order valence-corrected chi connectivity index (χ2v) is 6.95. The van der Waals surface area contributed by atoms with Gasteiger partial charge in [-0.15, -0.1) is 0 Å². The molecule has 0 fully saturated rings. The Morgan fingerprint density at radius 1 is 1.33 bits per heavy atom. The van der Waals surface area contributed by atoms with E-state index in [2.05, 4.69) is 29.8 Å². The zero-order chi connectivity index (χ0) is 17.5. The molecule has 1 aromatic carbocycles. The molecule has 0 bridgehead atoms. The van der Waals surface area contributed by atoms with Crippen molar-refractivity contribution in [2.24, 2.45) is 0 Å². The van der Waals surface area contributed by atoms with Gasteiger partial charge in [0.1, 0.15) is 0 Å². The molecule has 1 heterocycles. The molecule has 0 aliphatic rings. The SMILES string of the molecule is CCN(CC)CCCn1c(SC(C)C#N)nc2ccccc2c1=O. The van der Waals surface area contributed by atoms with Gasteiger partial charge in [-0.25, -0.2) is 4.98 Å². The van der Waals surface area contributed by atoms with E-state index in [1.165, 1.54) is 11.8 Å². The summed E-state index contributed by atoms with van der Waals surface area (Å²) >= 11 is 1.35. The quantitative estimate of drug-likeness (QED) is 0.544. The number of benzene rings is 1. The highest BCUT2D eigenvalue weighted by Gasteiger charge is 2.14. The van der Waals surface area contributed by atoms with Gasteiger partial charge in [0.05, 0.1) is 22.2 Å². The molecule has 6 heteroatoms. The van der Waals surface area contributed by atoms with Crippen molar-refractivity contribution < 1.29 is 0 Å². The highest BCUT2D eigenvalue weighted by molar-refractivity contribution is 8.00. The van der Waals surface area contributed by atoms with Crippen LogP contribution in [0.1, 0.15) is 27.2 Å². The number of para-hydroxylation sites is 1. The molecule has 0 spiro atoms. The Balaban J connectivity index is 2.34. The van der Waals surface area contributed by atoms with Crippen molar-refractivity contribution in [2.45, 2.75) is 44.1 Å². The van der Waals surface area contributed by atoms with E-state index >= 15 is 0 Å². The molecule has 2 aromatic rings. The van der Waals surface area contributed by atoms with E-state index in [0.29, 0.717) is 22.6 Å². The molecule has 2 rings (SSSR count). The summed E-state index contributed by atoms with van der Waals surface area (Å²) in [5.74, 6) is 0. The first-order chi connectivity index (χ1) is 11.6. The van der Waals surface area contributed by atoms with Gasteiger partial charge in [0.2, 0.25) is 0 Å². The molecule has 0 aliphatic carbocycles. The second-order valence-electron chi connectivity index (χ2n) is 5.64. The van der Waals surface area contributed by atoms with Crippen LogP contribution in [0.15, 0.2) is 34.2 Å². The fourth-order valence-corrected chi connectivity index (χ4v) is 3.43. The molecule has 0 saturated carbocycles. The van der Waals surface area contributed by atoms with Gasteiger partial charge in [0.25, 0.3) is 5.56 Å².